The third kappa shape index (κ3) is 5.01. The lowest BCUT2D eigenvalue weighted by atomic mass is 9.96. The first-order valence-corrected chi connectivity index (χ1v) is 9.37. The van der Waals surface area contributed by atoms with Gasteiger partial charge in [0.2, 0.25) is 0 Å². The van der Waals surface area contributed by atoms with Crippen LogP contribution < -0.4 is 0 Å². The summed E-state index contributed by atoms with van der Waals surface area (Å²) in [4.78, 5) is 17.7. The number of rotatable bonds is 4. The van der Waals surface area contributed by atoms with Gasteiger partial charge in [-0.2, -0.15) is 0 Å². The van der Waals surface area contributed by atoms with Crippen molar-refractivity contribution in [3.63, 3.8) is 0 Å². The van der Waals surface area contributed by atoms with E-state index in [4.69, 9.17) is 0 Å². The molecule has 1 N–H and O–H groups in total. The van der Waals surface area contributed by atoms with E-state index in [1.807, 2.05) is 0 Å². The van der Waals surface area contributed by atoms with Crippen LogP contribution >= 0.6 is 31.9 Å². The molecule has 0 aliphatic rings. The van der Waals surface area contributed by atoms with Gasteiger partial charge in [0, 0.05) is 16.1 Å². The van der Waals surface area contributed by atoms with Gasteiger partial charge in [-0.15, -0.1) is 0 Å². The van der Waals surface area contributed by atoms with Gasteiger partial charge in [0.15, 0.2) is 0 Å². The largest absolute Gasteiger partial charge is 0.465 e. The molecule has 0 bridgehead atoms. The average Bonchev–Trinajstić information content (AvgIpc) is 2.46. The summed E-state index contributed by atoms with van der Waals surface area (Å²) < 4.78 is 28.4. The van der Waals surface area contributed by atoms with E-state index in [1.54, 1.807) is 32.9 Å². The Labute approximate surface area is 167 Å². The number of hydrogen-bond acceptors (Lipinski definition) is 2. The molecule has 1 amide bonds. The van der Waals surface area contributed by atoms with E-state index >= 15 is 0 Å². The van der Waals surface area contributed by atoms with Gasteiger partial charge in [-0.3, -0.25) is 4.90 Å². The Morgan fingerprint density at radius 1 is 1.19 bits per heavy atom. The maximum atomic E-state index is 13.6. The fourth-order valence-electron chi connectivity index (χ4n) is 2.82. The van der Waals surface area contributed by atoms with E-state index in [-0.39, 0.29) is 6.42 Å². The van der Waals surface area contributed by atoms with Gasteiger partial charge in [-0.25, -0.2) is 18.6 Å². The lowest BCUT2D eigenvalue weighted by molar-refractivity contribution is 0.0679. The van der Waals surface area contributed by atoms with Gasteiger partial charge in [0.1, 0.15) is 16.2 Å². The summed E-state index contributed by atoms with van der Waals surface area (Å²) in [6, 6.07) is 5.89. The molecular weight excluding hydrogens is 474 g/mol. The molecule has 140 valence electrons. The molecule has 8 heteroatoms. The fraction of sp³-hybridized carbons (Fsp3) is 0.333. The Hall–Kier alpha value is -1.54. The minimum absolute atomic E-state index is 0.0697. The predicted octanol–water partition coefficient (Wildman–Crippen LogP) is 5.95. The molecule has 26 heavy (non-hydrogen) atoms. The van der Waals surface area contributed by atoms with Crippen molar-refractivity contribution < 1.29 is 18.7 Å². The highest BCUT2D eigenvalue weighted by atomic mass is 79.9. The minimum atomic E-state index is -1.15. The first-order valence-electron chi connectivity index (χ1n) is 7.78. The number of aromatic nitrogens is 1. The summed E-state index contributed by atoms with van der Waals surface area (Å²) >= 11 is 6.70. The van der Waals surface area contributed by atoms with Crippen LogP contribution in [0.25, 0.3) is 0 Å². The Balaban J connectivity index is 2.61. The number of benzene rings is 1. The first-order chi connectivity index (χ1) is 12.0. The second-order valence-electron chi connectivity index (χ2n) is 6.82. The molecule has 1 atom stereocenters. The van der Waals surface area contributed by atoms with E-state index in [1.165, 1.54) is 17.0 Å². The molecule has 2 rings (SSSR count). The summed E-state index contributed by atoms with van der Waals surface area (Å²) in [5, 5.41) is 9.81. The smallest absolute Gasteiger partial charge is 0.408 e. The third-order valence-corrected chi connectivity index (χ3v) is 4.86. The highest BCUT2D eigenvalue weighted by molar-refractivity contribution is 9.11. The molecule has 1 heterocycles. The number of carboxylic acid groups (broad SMARTS) is 1. The second kappa shape index (κ2) is 8.00. The van der Waals surface area contributed by atoms with Crippen LogP contribution in [0.2, 0.25) is 0 Å². The Kier molecular flexibility index (Phi) is 6.39. The molecule has 1 unspecified atom stereocenters. The van der Waals surface area contributed by atoms with Crippen LogP contribution in [0.5, 0.6) is 0 Å². The quantitative estimate of drug-likeness (QED) is 0.538. The summed E-state index contributed by atoms with van der Waals surface area (Å²) in [5.74, 6) is -1.42. The topological polar surface area (TPSA) is 53.4 Å². The Bertz CT molecular complexity index is 805. The first kappa shape index (κ1) is 20.8. The second-order valence-corrected chi connectivity index (χ2v) is 8.49. The van der Waals surface area contributed by atoms with Crippen LogP contribution in [0.3, 0.4) is 0 Å². The molecule has 0 spiro atoms. The van der Waals surface area contributed by atoms with Gasteiger partial charge in [0.25, 0.3) is 0 Å². The molecule has 1 aromatic carbocycles. The van der Waals surface area contributed by atoms with Crippen LogP contribution in [0, 0.1) is 11.6 Å². The van der Waals surface area contributed by atoms with Crippen molar-refractivity contribution in [3.8, 4) is 0 Å². The molecule has 0 fully saturated rings. The predicted molar refractivity (Wildman–Crippen MR) is 102 cm³/mol. The highest BCUT2D eigenvalue weighted by Gasteiger charge is 2.36. The Morgan fingerprint density at radius 2 is 1.77 bits per heavy atom. The van der Waals surface area contributed by atoms with Crippen LogP contribution in [0.1, 0.15) is 38.1 Å². The summed E-state index contributed by atoms with van der Waals surface area (Å²) in [6.45, 7) is 5.27. The lowest BCUT2D eigenvalue weighted by Gasteiger charge is -2.39. The summed E-state index contributed by atoms with van der Waals surface area (Å²) in [7, 11) is 0. The van der Waals surface area contributed by atoms with Gasteiger partial charge >= 0.3 is 6.09 Å². The molecule has 0 aliphatic heterocycles. The van der Waals surface area contributed by atoms with Crippen molar-refractivity contribution >= 4 is 38.0 Å². The number of amides is 1. The molecule has 1 aromatic heterocycles. The highest BCUT2D eigenvalue weighted by Crippen LogP contribution is 2.35. The summed E-state index contributed by atoms with van der Waals surface area (Å²) in [6.07, 6.45) is -1.08. The molecule has 0 saturated carbocycles. The molecule has 0 saturated heterocycles. The molecular formula is C18H18Br2F2N2O2. The number of halogens is 4. The van der Waals surface area contributed by atoms with Crippen molar-refractivity contribution in [1.82, 2.24) is 9.88 Å². The van der Waals surface area contributed by atoms with Gasteiger partial charge in [0.05, 0.1) is 11.7 Å². The van der Waals surface area contributed by atoms with Gasteiger partial charge in [-0.05, 0) is 88.9 Å². The van der Waals surface area contributed by atoms with Crippen LogP contribution in [-0.2, 0) is 6.42 Å². The minimum Gasteiger partial charge on any atom is -0.465 e. The number of nitrogens with zero attached hydrogens (tertiary/aromatic N) is 2. The lowest BCUT2D eigenvalue weighted by Crippen LogP contribution is -2.48. The van der Waals surface area contributed by atoms with Crippen LogP contribution in [0.4, 0.5) is 13.6 Å². The zero-order valence-corrected chi connectivity index (χ0v) is 17.6. The molecule has 4 nitrogen and oxygen atoms in total. The van der Waals surface area contributed by atoms with E-state index in [0.29, 0.717) is 20.3 Å². The standard InChI is InChI=1S/C18H18Br2F2N2O2/c1-18(2,3)24(17(25)26)14(16-13(19)4-5-15(20)23-16)8-10-6-11(21)9-12(22)7-10/h4-7,9,14H,8H2,1-3H3,(H,25,26). The van der Waals surface area contributed by atoms with Crippen LogP contribution in [-0.4, -0.2) is 26.6 Å². The van der Waals surface area contributed by atoms with Gasteiger partial charge in [-0.1, -0.05) is 0 Å². The van der Waals surface area contributed by atoms with E-state index in [9.17, 15) is 18.7 Å². The summed E-state index contributed by atoms with van der Waals surface area (Å²) in [5.41, 5.74) is 0.0456. The van der Waals surface area contributed by atoms with Crippen molar-refractivity contribution in [2.75, 3.05) is 0 Å². The number of carbonyl (C=O) groups is 1. The maximum absolute atomic E-state index is 13.6. The van der Waals surface area contributed by atoms with Crippen LogP contribution in [0.15, 0.2) is 39.4 Å². The zero-order chi connectivity index (χ0) is 19.6. The van der Waals surface area contributed by atoms with Crippen molar-refractivity contribution in [3.05, 3.63) is 62.3 Å². The van der Waals surface area contributed by atoms with Crippen molar-refractivity contribution in [2.24, 2.45) is 0 Å². The fourth-order valence-corrected chi connectivity index (χ4v) is 3.63. The molecule has 2 aromatic rings. The number of pyridine rings is 1. The van der Waals surface area contributed by atoms with Gasteiger partial charge < -0.3 is 5.11 Å². The van der Waals surface area contributed by atoms with Crippen molar-refractivity contribution in [1.29, 1.82) is 0 Å². The van der Waals surface area contributed by atoms with E-state index in [2.05, 4.69) is 36.8 Å². The molecule has 0 radical (unpaired) electrons. The normalized spacial score (nSPS) is 12.7. The molecule has 0 aliphatic carbocycles. The maximum Gasteiger partial charge on any atom is 0.408 e. The number of hydrogen-bond donors (Lipinski definition) is 1. The SMILES string of the molecule is CC(C)(C)N(C(=O)O)C(Cc1cc(F)cc(F)c1)c1nc(Br)ccc1Br. The Morgan fingerprint density at radius 3 is 2.27 bits per heavy atom. The van der Waals surface area contributed by atoms with Crippen molar-refractivity contribution in [2.45, 2.75) is 38.8 Å². The zero-order valence-electron chi connectivity index (χ0n) is 14.4. The third-order valence-electron chi connectivity index (χ3n) is 3.75. The van der Waals surface area contributed by atoms with E-state index in [0.717, 1.165) is 6.07 Å². The van der Waals surface area contributed by atoms with E-state index < -0.39 is 29.3 Å². The average molecular weight is 492 g/mol. The monoisotopic (exact) mass is 490 g/mol.